The minimum atomic E-state index is -3.77. The van der Waals surface area contributed by atoms with Gasteiger partial charge in [-0.2, -0.15) is 0 Å². The Morgan fingerprint density at radius 3 is 2.38 bits per heavy atom. The van der Waals surface area contributed by atoms with Gasteiger partial charge in [0.25, 0.3) is 10.0 Å². The van der Waals surface area contributed by atoms with Gasteiger partial charge in [0.15, 0.2) is 0 Å². The third kappa shape index (κ3) is 3.67. The molecule has 138 valence electrons. The summed E-state index contributed by atoms with van der Waals surface area (Å²) in [6.45, 7) is 1.55. The predicted molar refractivity (Wildman–Crippen MR) is 101 cm³/mol. The summed E-state index contributed by atoms with van der Waals surface area (Å²) >= 11 is 1.02. The molecule has 0 aliphatic heterocycles. The second-order valence-electron chi connectivity index (χ2n) is 5.35. The zero-order valence-corrected chi connectivity index (χ0v) is 16.4. The maximum atomic E-state index is 12.5. The van der Waals surface area contributed by atoms with E-state index in [1.165, 1.54) is 19.2 Å². The molecule has 0 saturated heterocycles. The van der Waals surface area contributed by atoms with Gasteiger partial charge in [-0.25, -0.2) is 21.8 Å². The standard InChI is InChI=1S/C16H16N2O5S3/c1-3-25(19,20)16-17-14-9-4-11(10-15(14)24-16)18-26(21,22)13-7-5-12(23-2)6-8-13/h4-10,18H,3H2,1-2H3. The maximum Gasteiger partial charge on any atom is 0.261 e. The summed E-state index contributed by atoms with van der Waals surface area (Å²) in [6.07, 6.45) is 0. The third-order valence-electron chi connectivity index (χ3n) is 3.64. The van der Waals surface area contributed by atoms with Crippen molar-refractivity contribution in [2.45, 2.75) is 16.2 Å². The molecule has 0 fully saturated rings. The van der Waals surface area contributed by atoms with Crippen molar-refractivity contribution in [3.8, 4) is 5.75 Å². The molecule has 26 heavy (non-hydrogen) atoms. The van der Waals surface area contributed by atoms with Crippen LogP contribution in [0.2, 0.25) is 0 Å². The number of sulfonamides is 1. The van der Waals surface area contributed by atoms with Crippen LogP contribution >= 0.6 is 11.3 Å². The Hall–Kier alpha value is -2.17. The second kappa shape index (κ2) is 6.86. The molecule has 3 rings (SSSR count). The van der Waals surface area contributed by atoms with E-state index in [2.05, 4.69) is 9.71 Å². The van der Waals surface area contributed by atoms with Crippen molar-refractivity contribution < 1.29 is 21.6 Å². The van der Waals surface area contributed by atoms with E-state index in [0.29, 0.717) is 21.7 Å². The van der Waals surface area contributed by atoms with Gasteiger partial charge in [-0.3, -0.25) is 4.72 Å². The minimum Gasteiger partial charge on any atom is -0.497 e. The summed E-state index contributed by atoms with van der Waals surface area (Å²) < 4.78 is 57.0. The molecule has 0 unspecified atom stereocenters. The highest BCUT2D eigenvalue weighted by Crippen LogP contribution is 2.29. The number of hydrogen-bond donors (Lipinski definition) is 1. The van der Waals surface area contributed by atoms with Gasteiger partial charge in [0.2, 0.25) is 14.2 Å². The molecule has 1 N–H and O–H groups in total. The number of thiazole rings is 1. The van der Waals surface area contributed by atoms with Gasteiger partial charge in [0, 0.05) is 0 Å². The number of rotatable bonds is 6. The van der Waals surface area contributed by atoms with Gasteiger partial charge in [-0.15, -0.1) is 11.3 Å². The number of sulfone groups is 1. The second-order valence-corrected chi connectivity index (χ2v) is 10.5. The van der Waals surface area contributed by atoms with E-state index < -0.39 is 19.9 Å². The van der Waals surface area contributed by atoms with Crippen LogP contribution in [0.3, 0.4) is 0 Å². The van der Waals surface area contributed by atoms with Gasteiger partial charge in [0.05, 0.1) is 33.7 Å². The highest BCUT2D eigenvalue weighted by molar-refractivity contribution is 7.93. The molecule has 2 aromatic carbocycles. The molecule has 10 heteroatoms. The fourth-order valence-corrected chi connectivity index (χ4v) is 5.59. The lowest BCUT2D eigenvalue weighted by molar-refractivity contribution is 0.414. The zero-order valence-electron chi connectivity index (χ0n) is 14.0. The van der Waals surface area contributed by atoms with E-state index in [4.69, 9.17) is 4.74 Å². The number of anilines is 1. The molecule has 0 aliphatic carbocycles. The summed E-state index contributed by atoms with van der Waals surface area (Å²) in [4.78, 5) is 4.20. The lowest BCUT2D eigenvalue weighted by Gasteiger charge is -2.08. The van der Waals surface area contributed by atoms with Crippen molar-refractivity contribution in [3.05, 3.63) is 42.5 Å². The van der Waals surface area contributed by atoms with E-state index in [0.717, 1.165) is 11.3 Å². The third-order valence-corrected chi connectivity index (χ3v) is 8.24. The Labute approximate surface area is 155 Å². The molecule has 0 radical (unpaired) electrons. The average Bonchev–Trinajstić information content (AvgIpc) is 3.05. The highest BCUT2D eigenvalue weighted by Gasteiger charge is 2.19. The number of ether oxygens (including phenoxy) is 1. The number of benzene rings is 2. The molecule has 0 saturated carbocycles. The molecule has 0 atom stereocenters. The average molecular weight is 413 g/mol. The van der Waals surface area contributed by atoms with Crippen molar-refractivity contribution in [3.63, 3.8) is 0 Å². The molecule has 7 nitrogen and oxygen atoms in total. The number of nitrogens with one attached hydrogen (secondary N) is 1. The highest BCUT2D eigenvalue weighted by atomic mass is 32.2. The van der Waals surface area contributed by atoms with Crippen LogP contribution in [0.15, 0.2) is 51.7 Å². The van der Waals surface area contributed by atoms with Crippen LogP contribution in [0.1, 0.15) is 6.92 Å². The minimum absolute atomic E-state index is 0.0326. The Balaban J connectivity index is 1.92. The number of fused-ring (bicyclic) bond motifs is 1. The van der Waals surface area contributed by atoms with Crippen LogP contribution in [-0.2, 0) is 19.9 Å². The first-order valence-electron chi connectivity index (χ1n) is 7.55. The summed E-state index contributed by atoms with van der Waals surface area (Å²) in [6, 6.07) is 10.7. The Kier molecular flexibility index (Phi) is 4.91. The van der Waals surface area contributed by atoms with E-state index in [-0.39, 0.29) is 15.0 Å². The van der Waals surface area contributed by atoms with E-state index in [9.17, 15) is 16.8 Å². The normalized spacial score (nSPS) is 12.2. The molecular formula is C16H16N2O5S3. The number of hydrogen-bond acceptors (Lipinski definition) is 7. The van der Waals surface area contributed by atoms with Gasteiger partial charge in [-0.05, 0) is 42.5 Å². The van der Waals surface area contributed by atoms with Crippen LogP contribution in [0.25, 0.3) is 10.2 Å². The summed E-state index contributed by atoms with van der Waals surface area (Å²) in [5.74, 6) is 0.517. The molecule has 0 spiro atoms. The maximum absolute atomic E-state index is 12.5. The van der Waals surface area contributed by atoms with Crippen molar-refractivity contribution in [2.75, 3.05) is 17.6 Å². The van der Waals surface area contributed by atoms with E-state index in [1.54, 1.807) is 37.3 Å². The first-order valence-corrected chi connectivity index (χ1v) is 11.5. The fourth-order valence-electron chi connectivity index (χ4n) is 2.19. The van der Waals surface area contributed by atoms with Crippen LogP contribution in [0.4, 0.5) is 5.69 Å². The smallest absolute Gasteiger partial charge is 0.261 e. The summed E-state index contributed by atoms with van der Waals surface area (Å²) in [7, 11) is -5.67. The van der Waals surface area contributed by atoms with Crippen molar-refractivity contribution >= 4 is 47.1 Å². The quantitative estimate of drug-likeness (QED) is 0.668. The monoisotopic (exact) mass is 412 g/mol. The van der Waals surface area contributed by atoms with Gasteiger partial charge in [0.1, 0.15) is 5.75 Å². The van der Waals surface area contributed by atoms with Crippen LogP contribution in [0, 0.1) is 0 Å². The van der Waals surface area contributed by atoms with Gasteiger partial charge in [-0.1, -0.05) is 6.92 Å². The summed E-state index contributed by atoms with van der Waals surface area (Å²) in [5, 5.41) is 0. The van der Waals surface area contributed by atoms with Gasteiger partial charge >= 0.3 is 0 Å². The lowest BCUT2D eigenvalue weighted by atomic mass is 10.3. The Morgan fingerprint density at radius 1 is 1.08 bits per heavy atom. The van der Waals surface area contributed by atoms with E-state index >= 15 is 0 Å². The van der Waals surface area contributed by atoms with Crippen molar-refractivity contribution in [2.24, 2.45) is 0 Å². The molecular weight excluding hydrogens is 396 g/mol. The first-order chi connectivity index (χ1) is 12.2. The zero-order chi connectivity index (χ0) is 18.9. The summed E-state index contributed by atoms with van der Waals surface area (Å²) in [5.41, 5.74) is 0.840. The number of methoxy groups -OCH3 is 1. The van der Waals surface area contributed by atoms with Crippen molar-refractivity contribution in [1.29, 1.82) is 0 Å². The number of aromatic nitrogens is 1. The topological polar surface area (TPSA) is 102 Å². The first kappa shape index (κ1) is 18.6. The van der Waals surface area contributed by atoms with Gasteiger partial charge < -0.3 is 4.74 Å². The SMILES string of the molecule is CCS(=O)(=O)c1nc2ccc(NS(=O)(=O)c3ccc(OC)cc3)cc2s1. The van der Waals surface area contributed by atoms with E-state index in [1.807, 2.05) is 0 Å². The van der Waals surface area contributed by atoms with Crippen LogP contribution in [0.5, 0.6) is 5.75 Å². The molecule has 1 heterocycles. The molecule has 0 aliphatic rings. The predicted octanol–water partition coefficient (Wildman–Crippen LogP) is 2.90. The van der Waals surface area contributed by atoms with Crippen LogP contribution < -0.4 is 9.46 Å². The lowest BCUT2D eigenvalue weighted by Crippen LogP contribution is -2.12. The van der Waals surface area contributed by atoms with Crippen molar-refractivity contribution in [1.82, 2.24) is 4.98 Å². The molecule has 3 aromatic rings. The number of nitrogens with zero attached hydrogens (tertiary/aromatic N) is 1. The molecule has 0 amide bonds. The Bertz CT molecular complexity index is 1150. The molecule has 1 aromatic heterocycles. The fraction of sp³-hybridized carbons (Fsp3) is 0.188. The largest absolute Gasteiger partial charge is 0.497 e. The molecule has 0 bridgehead atoms. The Morgan fingerprint density at radius 2 is 1.77 bits per heavy atom. The van der Waals surface area contributed by atoms with Crippen LogP contribution in [-0.4, -0.2) is 34.7 Å².